The van der Waals surface area contributed by atoms with Gasteiger partial charge in [-0.3, -0.25) is 0 Å². The normalized spacial score (nSPS) is 17.8. The summed E-state index contributed by atoms with van der Waals surface area (Å²) >= 11 is 13.4. The Bertz CT molecular complexity index is 1190. The van der Waals surface area contributed by atoms with Crippen molar-refractivity contribution < 1.29 is 13.2 Å². The second-order valence-corrected chi connectivity index (χ2v) is 11.6. The molecule has 5 nitrogen and oxygen atoms in total. The summed E-state index contributed by atoms with van der Waals surface area (Å²) in [6.07, 6.45) is 2.61. The van der Waals surface area contributed by atoms with Crippen LogP contribution in [0.3, 0.4) is 0 Å². The van der Waals surface area contributed by atoms with E-state index in [0.717, 1.165) is 24.8 Å². The fourth-order valence-electron chi connectivity index (χ4n) is 4.00. The molecule has 33 heavy (non-hydrogen) atoms. The number of ether oxygens (including phenoxy) is 1. The van der Waals surface area contributed by atoms with Gasteiger partial charge in [0, 0.05) is 18.5 Å². The van der Waals surface area contributed by atoms with Gasteiger partial charge in [0.1, 0.15) is 16.6 Å². The summed E-state index contributed by atoms with van der Waals surface area (Å²) in [4.78, 5) is 0. The summed E-state index contributed by atoms with van der Waals surface area (Å²) in [7, 11) is -3.49. The topological polar surface area (TPSA) is 81.4 Å². The lowest BCUT2D eigenvalue weighted by Gasteiger charge is -2.32. The van der Waals surface area contributed by atoms with E-state index in [4.69, 9.17) is 33.7 Å². The van der Waals surface area contributed by atoms with Gasteiger partial charge in [0.15, 0.2) is 0 Å². The van der Waals surface area contributed by atoms with Crippen LogP contribution in [0.25, 0.3) is 0 Å². The minimum absolute atomic E-state index is 0. The molecule has 10 heteroatoms. The Hall–Kier alpha value is -1.32. The highest BCUT2D eigenvalue weighted by Crippen LogP contribution is 2.36. The molecule has 0 fully saturated rings. The molecule has 0 aliphatic heterocycles. The molecule has 0 radical (unpaired) electrons. The van der Waals surface area contributed by atoms with Gasteiger partial charge >= 0.3 is 0 Å². The summed E-state index contributed by atoms with van der Waals surface area (Å²) < 4.78 is 33.1. The minimum atomic E-state index is -3.49. The van der Waals surface area contributed by atoms with E-state index in [2.05, 4.69) is 10.8 Å². The summed E-state index contributed by atoms with van der Waals surface area (Å²) in [6, 6.07) is 15.0. The number of nitrogens with two attached hydrogens (primary N) is 1. The van der Waals surface area contributed by atoms with Crippen LogP contribution in [0.15, 0.2) is 58.1 Å². The van der Waals surface area contributed by atoms with Crippen LogP contribution in [-0.2, 0) is 22.9 Å². The predicted molar refractivity (Wildman–Crippen MR) is 138 cm³/mol. The Kier molecular flexibility index (Phi) is 9.08. The first-order valence-electron chi connectivity index (χ1n) is 10.3. The second kappa shape index (κ2) is 11.4. The average molecular weight is 548 g/mol. The van der Waals surface area contributed by atoms with Crippen LogP contribution in [0.2, 0.25) is 10.0 Å². The molecular formula is C23H25Cl3N2O3S2. The van der Waals surface area contributed by atoms with E-state index in [-0.39, 0.29) is 37.5 Å². The fourth-order valence-corrected chi connectivity index (χ4v) is 6.38. The zero-order chi connectivity index (χ0) is 22.7. The third-order valence-electron chi connectivity index (χ3n) is 5.64. The number of hydrogen-bond acceptors (Lipinski definition) is 5. The Morgan fingerprint density at radius 2 is 1.94 bits per heavy atom. The summed E-state index contributed by atoms with van der Waals surface area (Å²) in [5.41, 5.74) is 10.0. The predicted octanol–water partition coefficient (Wildman–Crippen LogP) is 5.43. The number of sulfonamides is 1. The van der Waals surface area contributed by atoms with Crippen LogP contribution in [0.5, 0.6) is 5.75 Å². The number of nitrogens with one attached hydrogen (secondary N) is 1. The van der Waals surface area contributed by atoms with Gasteiger partial charge in [-0.15, -0.1) is 23.7 Å². The van der Waals surface area contributed by atoms with Gasteiger partial charge in [-0.1, -0.05) is 41.4 Å². The molecule has 1 aliphatic carbocycles. The highest BCUT2D eigenvalue weighted by atomic mass is 35.5. The quantitative estimate of drug-likeness (QED) is 0.368. The average Bonchev–Trinajstić information content (AvgIpc) is 3.32. The second-order valence-electron chi connectivity index (χ2n) is 7.80. The Morgan fingerprint density at radius 1 is 1.12 bits per heavy atom. The summed E-state index contributed by atoms with van der Waals surface area (Å²) in [5.74, 6) is 0.837. The van der Waals surface area contributed by atoms with Crippen molar-refractivity contribution in [3.8, 4) is 5.75 Å². The molecule has 1 aliphatic rings. The van der Waals surface area contributed by atoms with E-state index < -0.39 is 10.0 Å². The Morgan fingerprint density at radius 3 is 2.67 bits per heavy atom. The monoisotopic (exact) mass is 546 g/mol. The molecule has 2 aromatic carbocycles. The largest absolute Gasteiger partial charge is 0.492 e. The fraction of sp³-hybridized carbons (Fsp3) is 0.304. The van der Waals surface area contributed by atoms with Gasteiger partial charge in [-0.25, -0.2) is 13.1 Å². The highest BCUT2D eigenvalue weighted by Gasteiger charge is 2.28. The number of halogens is 3. The van der Waals surface area contributed by atoms with E-state index in [9.17, 15) is 8.42 Å². The molecule has 1 aromatic heterocycles. The van der Waals surface area contributed by atoms with Crippen molar-refractivity contribution >= 4 is 57.0 Å². The third-order valence-corrected chi connectivity index (χ3v) is 9.24. The van der Waals surface area contributed by atoms with Crippen LogP contribution >= 0.6 is 46.9 Å². The molecule has 178 valence electrons. The number of hydrogen-bond donors (Lipinski definition) is 2. The molecule has 4 rings (SSSR count). The lowest BCUT2D eigenvalue weighted by atomic mass is 9.76. The maximum atomic E-state index is 12.2. The SMILES string of the molecule is Cl.NC1CCc2ccc(OCCNS(=O)(=O)c3cccs3)cc2C1Cc1ccc(Cl)c(Cl)c1. The first-order chi connectivity index (χ1) is 15.3. The van der Waals surface area contributed by atoms with Crippen LogP contribution in [0.4, 0.5) is 0 Å². The molecule has 3 aromatic rings. The molecule has 0 saturated heterocycles. The highest BCUT2D eigenvalue weighted by molar-refractivity contribution is 7.91. The van der Waals surface area contributed by atoms with Crippen molar-refractivity contribution in [2.24, 2.45) is 5.73 Å². The van der Waals surface area contributed by atoms with Crippen molar-refractivity contribution in [2.75, 3.05) is 13.2 Å². The number of aryl methyl sites for hydroxylation is 1. The summed E-state index contributed by atoms with van der Waals surface area (Å²) in [6.45, 7) is 0.413. The van der Waals surface area contributed by atoms with Crippen LogP contribution < -0.4 is 15.2 Å². The maximum Gasteiger partial charge on any atom is 0.250 e. The van der Waals surface area contributed by atoms with Gasteiger partial charge in [0.25, 0.3) is 0 Å². The number of rotatable bonds is 8. The lowest BCUT2D eigenvalue weighted by molar-refractivity contribution is 0.321. The lowest BCUT2D eigenvalue weighted by Crippen LogP contribution is -2.34. The molecule has 3 N–H and O–H groups in total. The molecule has 0 spiro atoms. The smallest absolute Gasteiger partial charge is 0.250 e. The van der Waals surface area contributed by atoms with E-state index in [0.29, 0.717) is 20.0 Å². The minimum Gasteiger partial charge on any atom is -0.492 e. The number of benzene rings is 2. The van der Waals surface area contributed by atoms with Crippen molar-refractivity contribution in [2.45, 2.75) is 35.4 Å². The Balaban J connectivity index is 0.00000306. The zero-order valence-electron chi connectivity index (χ0n) is 17.7. The standard InChI is InChI=1S/C23H24Cl2N2O3S2.ClH/c24-20-7-3-15(13-21(20)25)12-19-18-14-17(6-4-16(18)5-8-22(19)26)30-10-9-27-32(28,29)23-2-1-11-31-23;/h1-4,6-7,11,13-14,19,22,27H,5,8-10,12,26H2;1H. The Labute approximate surface area is 214 Å². The molecule has 2 unspecified atom stereocenters. The van der Waals surface area contributed by atoms with Gasteiger partial charge in [-0.2, -0.15) is 0 Å². The van der Waals surface area contributed by atoms with Gasteiger partial charge in [-0.05, 0) is 71.7 Å². The van der Waals surface area contributed by atoms with Crippen molar-refractivity contribution in [3.63, 3.8) is 0 Å². The maximum absolute atomic E-state index is 12.2. The van der Waals surface area contributed by atoms with Crippen molar-refractivity contribution in [3.05, 3.63) is 80.6 Å². The molecule has 1 heterocycles. The first-order valence-corrected chi connectivity index (χ1v) is 13.4. The molecule has 0 saturated carbocycles. The first kappa shape index (κ1) is 26.3. The van der Waals surface area contributed by atoms with E-state index in [1.54, 1.807) is 17.5 Å². The molecular weight excluding hydrogens is 523 g/mol. The van der Waals surface area contributed by atoms with Gasteiger partial charge < -0.3 is 10.5 Å². The van der Waals surface area contributed by atoms with Crippen LogP contribution in [0.1, 0.15) is 29.0 Å². The number of thiophene rings is 1. The van der Waals surface area contributed by atoms with E-state index >= 15 is 0 Å². The molecule has 2 atom stereocenters. The van der Waals surface area contributed by atoms with Crippen molar-refractivity contribution in [1.82, 2.24) is 4.72 Å². The summed E-state index contributed by atoms with van der Waals surface area (Å²) in [5, 5.41) is 2.81. The molecule has 0 amide bonds. The van der Waals surface area contributed by atoms with Gasteiger partial charge in [0.2, 0.25) is 10.0 Å². The third kappa shape index (κ3) is 6.42. The number of fused-ring (bicyclic) bond motifs is 1. The van der Waals surface area contributed by atoms with Crippen molar-refractivity contribution in [1.29, 1.82) is 0 Å². The zero-order valence-corrected chi connectivity index (χ0v) is 21.6. The van der Waals surface area contributed by atoms with E-state index in [1.807, 2.05) is 30.3 Å². The van der Waals surface area contributed by atoms with Crippen LogP contribution in [-0.4, -0.2) is 27.6 Å². The van der Waals surface area contributed by atoms with E-state index in [1.165, 1.54) is 22.5 Å². The molecule has 0 bridgehead atoms. The van der Waals surface area contributed by atoms with Crippen LogP contribution in [0, 0.1) is 0 Å². The van der Waals surface area contributed by atoms with Gasteiger partial charge in [0.05, 0.1) is 10.0 Å².